The molecule has 2 aromatic rings. The number of benzene rings is 1. The van der Waals surface area contributed by atoms with Crippen LogP contribution in [0.15, 0.2) is 39.6 Å². The lowest BCUT2D eigenvalue weighted by molar-refractivity contribution is 0.0730. The van der Waals surface area contributed by atoms with Gasteiger partial charge in [0.2, 0.25) is 10.0 Å². The standard InChI is InChI=1S/C17H19ClN2O6S/c1-2-25-14-4-3-12(27(22,23)20-7-9-24-10-8-20)11-13(14)19-17(21)15-5-6-16(18)26-15/h3-6,11H,2,7-10H2,1H3,(H,19,21). The highest BCUT2D eigenvalue weighted by atomic mass is 35.5. The van der Waals surface area contributed by atoms with Crippen LogP contribution in [0.1, 0.15) is 17.5 Å². The molecule has 1 aromatic carbocycles. The molecule has 1 aliphatic heterocycles. The van der Waals surface area contributed by atoms with Gasteiger partial charge in [0.05, 0.1) is 30.4 Å². The Bertz CT molecular complexity index is 921. The summed E-state index contributed by atoms with van der Waals surface area (Å²) in [5, 5.41) is 2.69. The van der Waals surface area contributed by atoms with Crippen molar-refractivity contribution in [3.05, 3.63) is 41.3 Å². The van der Waals surface area contributed by atoms with E-state index < -0.39 is 15.9 Å². The van der Waals surface area contributed by atoms with Crippen LogP contribution < -0.4 is 10.1 Å². The highest BCUT2D eigenvalue weighted by Crippen LogP contribution is 2.30. The number of ether oxygens (including phenoxy) is 2. The normalized spacial score (nSPS) is 15.5. The molecule has 8 nitrogen and oxygen atoms in total. The summed E-state index contributed by atoms with van der Waals surface area (Å²) in [6, 6.07) is 7.21. The third-order valence-corrected chi connectivity index (χ3v) is 6.00. The van der Waals surface area contributed by atoms with Gasteiger partial charge in [0, 0.05) is 13.1 Å². The van der Waals surface area contributed by atoms with E-state index in [1.807, 2.05) is 0 Å². The second kappa shape index (κ2) is 8.30. The summed E-state index contributed by atoms with van der Waals surface area (Å²) in [5.41, 5.74) is 0.226. The zero-order valence-electron chi connectivity index (χ0n) is 14.6. The van der Waals surface area contributed by atoms with Crippen molar-refractivity contribution in [1.82, 2.24) is 4.31 Å². The summed E-state index contributed by atoms with van der Waals surface area (Å²) in [7, 11) is -3.71. The molecule has 0 unspecified atom stereocenters. The van der Waals surface area contributed by atoms with Crippen molar-refractivity contribution in [2.45, 2.75) is 11.8 Å². The van der Waals surface area contributed by atoms with Crippen LogP contribution in [0, 0.1) is 0 Å². The molecule has 1 aliphatic rings. The third-order valence-electron chi connectivity index (χ3n) is 3.90. The van der Waals surface area contributed by atoms with Gasteiger partial charge in [0.15, 0.2) is 11.0 Å². The Hall–Kier alpha value is -2.07. The number of anilines is 1. The molecule has 1 saturated heterocycles. The fourth-order valence-electron chi connectivity index (χ4n) is 2.60. The average Bonchev–Trinajstić information content (AvgIpc) is 3.10. The summed E-state index contributed by atoms with van der Waals surface area (Å²) in [6.45, 7) is 3.39. The van der Waals surface area contributed by atoms with Crippen molar-refractivity contribution < 1.29 is 27.1 Å². The molecule has 1 fully saturated rings. The van der Waals surface area contributed by atoms with Crippen molar-refractivity contribution >= 4 is 33.2 Å². The van der Waals surface area contributed by atoms with E-state index >= 15 is 0 Å². The summed E-state index contributed by atoms with van der Waals surface area (Å²) in [4.78, 5) is 12.4. The molecule has 1 aromatic heterocycles. The molecule has 0 saturated carbocycles. The van der Waals surface area contributed by atoms with Crippen molar-refractivity contribution in [1.29, 1.82) is 0 Å². The van der Waals surface area contributed by atoms with Gasteiger partial charge in [-0.3, -0.25) is 4.79 Å². The van der Waals surface area contributed by atoms with Crippen LogP contribution in [0.25, 0.3) is 0 Å². The van der Waals surface area contributed by atoms with Crippen LogP contribution in [0.4, 0.5) is 5.69 Å². The second-order valence-electron chi connectivity index (χ2n) is 5.67. The number of carbonyl (C=O) groups excluding carboxylic acids is 1. The van der Waals surface area contributed by atoms with Gasteiger partial charge in [-0.15, -0.1) is 0 Å². The molecular weight excluding hydrogens is 396 g/mol. The van der Waals surface area contributed by atoms with Crippen LogP contribution in [-0.2, 0) is 14.8 Å². The van der Waals surface area contributed by atoms with Crippen LogP contribution in [0.5, 0.6) is 5.75 Å². The lowest BCUT2D eigenvalue weighted by Gasteiger charge is -2.26. The third kappa shape index (κ3) is 4.44. The number of nitrogens with one attached hydrogen (secondary N) is 1. The first-order valence-electron chi connectivity index (χ1n) is 8.33. The number of amides is 1. The predicted molar refractivity (Wildman–Crippen MR) is 98.9 cm³/mol. The van der Waals surface area contributed by atoms with E-state index in [9.17, 15) is 13.2 Å². The summed E-state index contributed by atoms with van der Waals surface area (Å²) >= 11 is 5.69. The van der Waals surface area contributed by atoms with E-state index in [0.29, 0.717) is 25.6 Å². The lowest BCUT2D eigenvalue weighted by atomic mass is 10.2. The van der Waals surface area contributed by atoms with Gasteiger partial charge in [0.25, 0.3) is 5.91 Å². The van der Waals surface area contributed by atoms with Gasteiger partial charge in [-0.25, -0.2) is 8.42 Å². The smallest absolute Gasteiger partial charge is 0.291 e. The number of halogens is 1. The quantitative estimate of drug-likeness (QED) is 0.780. The van der Waals surface area contributed by atoms with Gasteiger partial charge in [-0.05, 0) is 48.9 Å². The van der Waals surface area contributed by atoms with E-state index in [-0.39, 0.29) is 34.7 Å². The SMILES string of the molecule is CCOc1ccc(S(=O)(=O)N2CCOCC2)cc1NC(=O)c1ccc(Cl)o1. The first kappa shape index (κ1) is 19.7. The summed E-state index contributed by atoms with van der Waals surface area (Å²) in [5.74, 6) is -0.211. The van der Waals surface area contributed by atoms with Crippen molar-refractivity contribution in [2.24, 2.45) is 0 Å². The Morgan fingerprint density at radius 1 is 1.26 bits per heavy atom. The molecular formula is C17H19ClN2O6S. The maximum Gasteiger partial charge on any atom is 0.291 e. The van der Waals surface area contributed by atoms with E-state index in [4.69, 9.17) is 25.5 Å². The first-order valence-corrected chi connectivity index (χ1v) is 10.1. The minimum Gasteiger partial charge on any atom is -0.492 e. The van der Waals surface area contributed by atoms with E-state index in [1.54, 1.807) is 6.92 Å². The maximum atomic E-state index is 12.8. The van der Waals surface area contributed by atoms with E-state index in [0.717, 1.165) is 0 Å². The molecule has 27 heavy (non-hydrogen) atoms. The topological polar surface area (TPSA) is 98.1 Å². The minimum atomic E-state index is -3.71. The first-order chi connectivity index (χ1) is 12.9. The number of hydrogen-bond acceptors (Lipinski definition) is 6. The van der Waals surface area contributed by atoms with Gasteiger partial charge in [-0.1, -0.05) is 0 Å². The molecule has 0 atom stereocenters. The number of sulfonamides is 1. The molecule has 10 heteroatoms. The molecule has 1 N–H and O–H groups in total. The fourth-order valence-corrected chi connectivity index (χ4v) is 4.19. The Labute approximate surface area is 162 Å². The van der Waals surface area contributed by atoms with Gasteiger partial charge in [0.1, 0.15) is 5.75 Å². The molecule has 0 spiro atoms. The number of nitrogens with zero attached hydrogens (tertiary/aromatic N) is 1. The van der Waals surface area contributed by atoms with Gasteiger partial charge < -0.3 is 19.2 Å². The summed E-state index contributed by atoms with van der Waals surface area (Å²) < 4.78 is 42.8. The number of rotatable bonds is 6. The second-order valence-corrected chi connectivity index (χ2v) is 7.98. The average molecular weight is 415 g/mol. The Kier molecular flexibility index (Phi) is 6.05. The van der Waals surface area contributed by atoms with Crippen LogP contribution >= 0.6 is 11.6 Å². The van der Waals surface area contributed by atoms with Gasteiger partial charge in [-0.2, -0.15) is 4.31 Å². The summed E-state index contributed by atoms with van der Waals surface area (Å²) in [6.07, 6.45) is 0. The molecule has 0 bridgehead atoms. The highest BCUT2D eigenvalue weighted by molar-refractivity contribution is 7.89. The Balaban J connectivity index is 1.91. The zero-order valence-corrected chi connectivity index (χ0v) is 16.2. The largest absolute Gasteiger partial charge is 0.492 e. The monoisotopic (exact) mass is 414 g/mol. The highest BCUT2D eigenvalue weighted by Gasteiger charge is 2.27. The van der Waals surface area contributed by atoms with E-state index in [2.05, 4.69) is 5.32 Å². The van der Waals surface area contributed by atoms with Crippen LogP contribution in [-0.4, -0.2) is 51.5 Å². The predicted octanol–water partition coefficient (Wildman–Crippen LogP) is 2.60. The van der Waals surface area contributed by atoms with Crippen LogP contribution in [0.2, 0.25) is 5.22 Å². The molecule has 146 valence electrons. The molecule has 0 radical (unpaired) electrons. The Morgan fingerprint density at radius 3 is 2.63 bits per heavy atom. The molecule has 2 heterocycles. The maximum absolute atomic E-state index is 12.8. The number of hydrogen-bond donors (Lipinski definition) is 1. The molecule has 0 aliphatic carbocycles. The van der Waals surface area contributed by atoms with Crippen molar-refractivity contribution in [3.8, 4) is 5.75 Å². The zero-order chi connectivity index (χ0) is 19.4. The lowest BCUT2D eigenvalue weighted by Crippen LogP contribution is -2.40. The number of carbonyl (C=O) groups is 1. The van der Waals surface area contributed by atoms with Gasteiger partial charge >= 0.3 is 0 Å². The Morgan fingerprint density at radius 2 is 2.00 bits per heavy atom. The minimum absolute atomic E-state index is 0.00360. The molecule has 1 amide bonds. The number of morpholine rings is 1. The number of furan rings is 1. The fraction of sp³-hybridized carbons (Fsp3) is 0.353. The van der Waals surface area contributed by atoms with Crippen molar-refractivity contribution in [2.75, 3.05) is 38.2 Å². The van der Waals surface area contributed by atoms with Crippen LogP contribution in [0.3, 0.4) is 0 Å². The van der Waals surface area contributed by atoms with Crippen molar-refractivity contribution in [3.63, 3.8) is 0 Å². The molecule has 3 rings (SSSR count). The van der Waals surface area contributed by atoms with E-state index in [1.165, 1.54) is 34.6 Å².